The Balaban J connectivity index is 1.48. The Hall–Kier alpha value is -2.05. The van der Waals surface area contributed by atoms with Gasteiger partial charge in [0.15, 0.2) is 0 Å². The molecule has 1 atom stereocenters. The number of hydrogen-bond acceptors (Lipinski definition) is 6. The van der Waals surface area contributed by atoms with Crippen molar-refractivity contribution in [2.75, 3.05) is 18.0 Å². The van der Waals surface area contributed by atoms with Gasteiger partial charge in [-0.15, -0.1) is 22.7 Å². The lowest BCUT2D eigenvalue weighted by atomic mass is 9.98. The third kappa shape index (κ3) is 2.37. The third-order valence-corrected chi connectivity index (χ3v) is 6.64. The number of thiophene rings is 1. The fourth-order valence-electron chi connectivity index (χ4n) is 3.46. The van der Waals surface area contributed by atoms with E-state index in [1.54, 1.807) is 17.7 Å². The summed E-state index contributed by atoms with van der Waals surface area (Å²) in [6, 6.07) is 10.6. The van der Waals surface area contributed by atoms with Crippen molar-refractivity contribution in [2.45, 2.75) is 18.8 Å². The number of para-hydroxylation sites is 1. The number of anilines is 1. The minimum atomic E-state index is 0.486. The van der Waals surface area contributed by atoms with Crippen molar-refractivity contribution < 1.29 is 0 Å². The average Bonchev–Trinajstić information content (AvgIpc) is 3.28. The first-order valence-electron chi connectivity index (χ1n) is 8.17. The number of fused-ring (bicyclic) bond motifs is 2. The van der Waals surface area contributed by atoms with Crippen molar-refractivity contribution in [3.05, 3.63) is 47.0 Å². The molecule has 1 aromatic carbocycles. The Morgan fingerprint density at radius 2 is 2.08 bits per heavy atom. The third-order valence-electron chi connectivity index (χ3n) is 4.62. The lowest BCUT2D eigenvalue weighted by Crippen LogP contribution is -2.35. The largest absolute Gasteiger partial charge is 0.355 e. The van der Waals surface area contributed by atoms with E-state index in [1.165, 1.54) is 27.9 Å². The molecule has 4 heterocycles. The summed E-state index contributed by atoms with van der Waals surface area (Å²) in [7, 11) is 0. The minimum Gasteiger partial charge on any atom is -0.355 e. The lowest BCUT2D eigenvalue weighted by Gasteiger charge is -2.32. The average molecular weight is 352 g/mol. The van der Waals surface area contributed by atoms with Crippen molar-refractivity contribution in [3.63, 3.8) is 0 Å². The van der Waals surface area contributed by atoms with Crippen LogP contribution in [0.4, 0.5) is 5.82 Å². The van der Waals surface area contributed by atoms with Gasteiger partial charge in [0.2, 0.25) is 0 Å². The Kier molecular flexibility index (Phi) is 3.45. The number of hydrogen-bond donors (Lipinski definition) is 0. The summed E-state index contributed by atoms with van der Waals surface area (Å²) >= 11 is 3.52. The van der Waals surface area contributed by atoms with E-state index in [0.29, 0.717) is 5.92 Å². The molecule has 5 rings (SSSR count). The van der Waals surface area contributed by atoms with Gasteiger partial charge in [0.25, 0.3) is 0 Å². The smallest absolute Gasteiger partial charge is 0.140 e. The summed E-state index contributed by atoms with van der Waals surface area (Å²) in [6.07, 6.45) is 4.07. The van der Waals surface area contributed by atoms with Crippen molar-refractivity contribution >= 4 is 48.9 Å². The Labute approximate surface area is 147 Å². The highest BCUT2D eigenvalue weighted by atomic mass is 32.1. The molecule has 4 aromatic rings. The highest BCUT2D eigenvalue weighted by molar-refractivity contribution is 7.18. The molecule has 0 radical (unpaired) electrons. The van der Waals surface area contributed by atoms with Gasteiger partial charge in [-0.25, -0.2) is 15.0 Å². The van der Waals surface area contributed by atoms with Gasteiger partial charge in [0.05, 0.1) is 20.6 Å². The molecule has 0 amide bonds. The molecule has 4 nitrogen and oxygen atoms in total. The van der Waals surface area contributed by atoms with Gasteiger partial charge in [-0.3, -0.25) is 0 Å². The number of thiazole rings is 1. The van der Waals surface area contributed by atoms with Crippen LogP contribution in [-0.4, -0.2) is 28.0 Å². The normalized spacial score (nSPS) is 18.5. The second-order valence-electron chi connectivity index (χ2n) is 6.14. The molecule has 0 unspecified atom stereocenters. The topological polar surface area (TPSA) is 41.9 Å². The van der Waals surface area contributed by atoms with Gasteiger partial charge in [-0.05, 0) is 36.4 Å². The van der Waals surface area contributed by atoms with E-state index in [4.69, 9.17) is 4.98 Å². The summed E-state index contributed by atoms with van der Waals surface area (Å²) in [4.78, 5) is 17.3. The molecule has 120 valence electrons. The Morgan fingerprint density at radius 3 is 3.04 bits per heavy atom. The SMILES string of the molecule is c1ccc2sc([C@@H]3CCCN(c4ncnc5sccc45)C3)nc2c1. The summed E-state index contributed by atoms with van der Waals surface area (Å²) in [6.45, 7) is 2.05. The van der Waals surface area contributed by atoms with Crippen LogP contribution in [-0.2, 0) is 0 Å². The fraction of sp³-hybridized carbons (Fsp3) is 0.278. The van der Waals surface area contributed by atoms with Gasteiger partial charge in [0.1, 0.15) is 17.0 Å². The van der Waals surface area contributed by atoms with Crippen molar-refractivity contribution in [3.8, 4) is 0 Å². The molecule has 6 heteroatoms. The second-order valence-corrected chi connectivity index (χ2v) is 8.10. The Bertz CT molecular complexity index is 973. The van der Waals surface area contributed by atoms with E-state index < -0.39 is 0 Å². The summed E-state index contributed by atoms with van der Waals surface area (Å²) < 4.78 is 1.28. The highest BCUT2D eigenvalue weighted by Gasteiger charge is 2.26. The van der Waals surface area contributed by atoms with Crippen molar-refractivity contribution in [2.24, 2.45) is 0 Å². The van der Waals surface area contributed by atoms with Crippen LogP contribution < -0.4 is 4.90 Å². The molecule has 0 bridgehead atoms. The number of rotatable bonds is 2. The van der Waals surface area contributed by atoms with Crippen molar-refractivity contribution in [1.82, 2.24) is 15.0 Å². The number of nitrogens with zero attached hydrogens (tertiary/aromatic N) is 4. The molecule has 24 heavy (non-hydrogen) atoms. The van der Waals surface area contributed by atoms with E-state index >= 15 is 0 Å². The zero-order valence-electron chi connectivity index (χ0n) is 13.1. The monoisotopic (exact) mass is 352 g/mol. The molecule has 1 aliphatic heterocycles. The molecular formula is C18H16N4S2. The molecule has 0 aliphatic carbocycles. The number of aromatic nitrogens is 3. The minimum absolute atomic E-state index is 0.486. The zero-order valence-corrected chi connectivity index (χ0v) is 14.7. The van der Waals surface area contributed by atoms with Gasteiger partial charge in [-0.1, -0.05) is 12.1 Å². The van der Waals surface area contributed by atoms with E-state index in [1.807, 2.05) is 11.3 Å². The van der Waals surface area contributed by atoms with E-state index in [9.17, 15) is 0 Å². The summed E-state index contributed by atoms with van der Waals surface area (Å²) in [5, 5.41) is 4.53. The van der Waals surface area contributed by atoms with Crippen LogP contribution in [0.3, 0.4) is 0 Å². The maximum absolute atomic E-state index is 4.88. The fourth-order valence-corrected chi connectivity index (χ4v) is 5.29. The van der Waals surface area contributed by atoms with Gasteiger partial charge >= 0.3 is 0 Å². The first-order valence-corrected chi connectivity index (χ1v) is 9.87. The van der Waals surface area contributed by atoms with E-state index in [0.717, 1.165) is 29.3 Å². The van der Waals surface area contributed by atoms with Crippen LogP contribution in [0.15, 0.2) is 42.0 Å². The van der Waals surface area contributed by atoms with Crippen LogP contribution in [0.5, 0.6) is 0 Å². The summed E-state index contributed by atoms with van der Waals surface area (Å²) in [5.74, 6) is 1.56. The molecular weight excluding hydrogens is 336 g/mol. The lowest BCUT2D eigenvalue weighted by molar-refractivity contribution is 0.507. The van der Waals surface area contributed by atoms with Gasteiger partial charge in [-0.2, -0.15) is 0 Å². The maximum atomic E-state index is 4.88. The predicted octanol–water partition coefficient (Wildman–Crippen LogP) is 4.69. The van der Waals surface area contributed by atoms with E-state index in [-0.39, 0.29) is 0 Å². The van der Waals surface area contributed by atoms with Gasteiger partial charge in [0, 0.05) is 19.0 Å². The standard InChI is InChI=1S/C18H16N4S2/c1-2-6-15-14(5-1)21-17(24-15)12-4-3-8-22(10-12)16-13-7-9-23-18(13)20-11-19-16/h1-2,5-7,9,11-12H,3-4,8,10H2/t12-/m1/s1. The maximum Gasteiger partial charge on any atom is 0.140 e. The van der Waals surface area contributed by atoms with Crippen LogP contribution in [0.2, 0.25) is 0 Å². The van der Waals surface area contributed by atoms with Crippen molar-refractivity contribution in [1.29, 1.82) is 0 Å². The Morgan fingerprint density at radius 1 is 1.12 bits per heavy atom. The molecule has 0 N–H and O–H groups in total. The van der Waals surface area contributed by atoms with Crippen LogP contribution in [0, 0.1) is 0 Å². The summed E-state index contributed by atoms with van der Waals surface area (Å²) in [5.41, 5.74) is 1.12. The molecule has 1 aliphatic rings. The molecule has 1 fully saturated rings. The zero-order chi connectivity index (χ0) is 15.9. The van der Waals surface area contributed by atoms with Crippen LogP contribution >= 0.6 is 22.7 Å². The quantitative estimate of drug-likeness (QED) is 0.525. The molecule has 3 aromatic heterocycles. The van der Waals surface area contributed by atoms with Crippen LogP contribution in [0.25, 0.3) is 20.4 Å². The highest BCUT2D eigenvalue weighted by Crippen LogP contribution is 2.36. The first kappa shape index (κ1) is 14.3. The van der Waals surface area contributed by atoms with E-state index in [2.05, 4.69) is 50.6 Å². The van der Waals surface area contributed by atoms with Crippen LogP contribution in [0.1, 0.15) is 23.8 Å². The predicted molar refractivity (Wildman–Crippen MR) is 101 cm³/mol. The number of piperidine rings is 1. The molecule has 0 saturated carbocycles. The molecule has 0 spiro atoms. The first-order chi connectivity index (χ1) is 11.9. The molecule has 1 saturated heterocycles. The second kappa shape index (κ2) is 5.79. The number of benzene rings is 1. The van der Waals surface area contributed by atoms with Gasteiger partial charge < -0.3 is 4.90 Å².